The fourth-order valence-electron chi connectivity index (χ4n) is 2.27. The van der Waals surface area contributed by atoms with Crippen molar-refractivity contribution >= 4 is 11.9 Å². The molecule has 0 saturated carbocycles. The van der Waals surface area contributed by atoms with Gasteiger partial charge in [-0.1, -0.05) is 26.7 Å². The van der Waals surface area contributed by atoms with E-state index >= 15 is 0 Å². The fourth-order valence-corrected chi connectivity index (χ4v) is 2.27. The number of hydrogen-bond acceptors (Lipinski definition) is 2. The summed E-state index contributed by atoms with van der Waals surface area (Å²) >= 11 is 0. The van der Waals surface area contributed by atoms with Gasteiger partial charge in [-0.15, -0.1) is 0 Å². The fraction of sp³-hybridized carbons (Fsp3) is 0.833. The second-order valence-corrected chi connectivity index (χ2v) is 4.59. The average molecular weight is 227 g/mol. The molecule has 0 aromatic rings. The second-order valence-electron chi connectivity index (χ2n) is 4.59. The van der Waals surface area contributed by atoms with Crippen molar-refractivity contribution in [1.29, 1.82) is 0 Å². The highest BCUT2D eigenvalue weighted by Crippen LogP contribution is 2.25. The Hall–Kier alpha value is -1.06. The number of carbonyl (C=O) groups is 2. The molecule has 0 aromatic heterocycles. The summed E-state index contributed by atoms with van der Waals surface area (Å²) in [5.74, 6) is -0.785. The molecule has 1 amide bonds. The van der Waals surface area contributed by atoms with Crippen molar-refractivity contribution < 1.29 is 14.7 Å². The topological polar surface area (TPSA) is 57.6 Å². The summed E-state index contributed by atoms with van der Waals surface area (Å²) in [6.45, 7) is 4.59. The summed E-state index contributed by atoms with van der Waals surface area (Å²) in [7, 11) is 0. The van der Waals surface area contributed by atoms with Crippen molar-refractivity contribution in [1.82, 2.24) is 4.90 Å². The zero-order valence-corrected chi connectivity index (χ0v) is 10.1. The van der Waals surface area contributed by atoms with Gasteiger partial charge in [0.25, 0.3) is 0 Å². The maximum absolute atomic E-state index is 11.8. The molecule has 4 nitrogen and oxygen atoms in total. The van der Waals surface area contributed by atoms with Gasteiger partial charge in [0.2, 0.25) is 5.91 Å². The number of amides is 1. The van der Waals surface area contributed by atoms with Gasteiger partial charge in [0, 0.05) is 13.0 Å². The summed E-state index contributed by atoms with van der Waals surface area (Å²) in [5.41, 5.74) is 0. The minimum atomic E-state index is -0.867. The van der Waals surface area contributed by atoms with Gasteiger partial charge in [0.1, 0.15) is 6.04 Å². The van der Waals surface area contributed by atoms with E-state index in [1.165, 1.54) is 0 Å². The van der Waals surface area contributed by atoms with Gasteiger partial charge in [-0.05, 0) is 18.8 Å². The van der Waals surface area contributed by atoms with Crippen molar-refractivity contribution in [3.05, 3.63) is 0 Å². The minimum absolute atomic E-state index is 0.00481. The lowest BCUT2D eigenvalue weighted by molar-refractivity contribution is -0.149. The lowest BCUT2D eigenvalue weighted by Gasteiger charge is -2.23. The molecule has 0 aromatic carbocycles. The number of carbonyl (C=O) groups excluding carboxylic acids is 1. The molecule has 0 bridgehead atoms. The van der Waals surface area contributed by atoms with Crippen LogP contribution >= 0.6 is 0 Å². The van der Waals surface area contributed by atoms with E-state index in [-0.39, 0.29) is 11.8 Å². The van der Waals surface area contributed by atoms with Crippen molar-refractivity contribution in [3.8, 4) is 0 Å². The van der Waals surface area contributed by atoms with Gasteiger partial charge in [0.05, 0.1) is 0 Å². The van der Waals surface area contributed by atoms with Crippen molar-refractivity contribution in [2.75, 3.05) is 6.54 Å². The summed E-state index contributed by atoms with van der Waals surface area (Å²) in [5, 5.41) is 9.08. The highest BCUT2D eigenvalue weighted by molar-refractivity contribution is 5.84. The third-order valence-electron chi connectivity index (χ3n) is 3.27. The van der Waals surface area contributed by atoms with E-state index < -0.39 is 12.0 Å². The number of unbranched alkanes of at least 4 members (excludes halogenated alkanes) is 2. The average Bonchev–Trinajstić information content (AvgIpc) is 2.60. The zero-order valence-electron chi connectivity index (χ0n) is 10.1. The predicted octanol–water partition coefficient (Wildman–Crippen LogP) is 1.89. The SMILES string of the molecule is CCCCCC(=O)N1CCC(C)C1C(=O)O. The molecule has 2 atom stereocenters. The lowest BCUT2D eigenvalue weighted by atomic mass is 10.0. The predicted molar refractivity (Wildman–Crippen MR) is 61.1 cm³/mol. The van der Waals surface area contributed by atoms with Gasteiger partial charge in [-0.3, -0.25) is 4.79 Å². The highest BCUT2D eigenvalue weighted by atomic mass is 16.4. The molecule has 1 heterocycles. The number of aliphatic carboxylic acids is 1. The Balaban J connectivity index is 2.51. The monoisotopic (exact) mass is 227 g/mol. The Labute approximate surface area is 96.6 Å². The van der Waals surface area contributed by atoms with Crippen LogP contribution in [0.1, 0.15) is 46.0 Å². The van der Waals surface area contributed by atoms with Crippen LogP contribution < -0.4 is 0 Å². The Kier molecular flexibility index (Phi) is 4.77. The molecule has 16 heavy (non-hydrogen) atoms. The second kappa shape index (κ2) is 5.87. The van der Waals surface area contributed by atoms with Crippen LogP contribution in [0.25, 0.3) is 0 Å². The molecule has 0 spiro atoms. The molecule has 1 aliphatic rings. The first-order valence-corrected chi connectivity index (χ1v) is 6.10. The number of carboxylic acids is 1. The molecule has 1 aliphatic heterocycles. The van der Waals surface area contributed by atoms with Gasteiger partial charge in [0.15, 0.2) is 0 Å². The normalized spacial score (nSPS) is 24.8. The third-order valence-corrected chi connectivity index (χ3v) is 3.27. The number of rotatable bonds is 5. The van der Waals surface area contributed by atoms with Crippen LogP contribution in [0.3, 0.4) is 0 Å². The van der Waals surface area contributed by atoms with Crippen LogP contribution in [0, 0.1) is 5.92 Å². The maximum atomic E-state index is 11.8. The Bertz CT molecular complexity index is 265. The molecule has 1 saturated heterocycles. The van der Waals surface area contributed by atoms with Gasteiger partial charge in [-0.25, -0.2) is 4.79 Å². The van der Waals surface area contributed by atoms with Crippen LogP contribution in [0.2, 0.25) is 0 Å². The first-order valence-electron chi connectivity index (χ1n) is 6.10. The molecule has 1 N–H and O–H groups in total. The number of nitrogens with zero attached hydrogens (tertiary/aromatic N) is 1. The van der Waals surface area contributed by atoms with Gasteiger partial charge in [-0.2, -0.15) is 0 Å². The summed E-state index contributed by atoms with van der Waals surface area (Å²) < 4.78 is 0. The first kappa shape index (κ1) is 13.0. The van der Waals surface area contributed by atoms with Crippen LogP contribution in [0.4, 0.5) is 0 Å². The van der Waals surface area contributed by atoms with Crippen molar-refractivity contribution in [3.63, 3.8) is 0 Å². The quantitative estimate of drug-likeness (QED) is 0.730. The Morgan fingerprint density at radius 3 is 2.62 bits per heavy atom. The highest BCUT2D eigenvalue weighted by Gasteiger charge is 2.38. The smallest absolute Gasteiger partial charge is 0.326 e. The van der Waals surface area contributed by atoms with Gasteiger partial charge >= 0.3 is 5.97 Å². The number of likely N-dealkylation sites (tertiary alicyclic amines) is 1. The van der Waals surface area contributed by atoms with E-state index in [1.54, 1.807) is 4.90 Å². The molecule has 2 unspecified atom stereocenters. The van der Waals surface area contributed by atoms with Crippen LogP contribution in [-0.2, 0) is 9.59 Å². The molecule has 1 rings (SSSR count). The summed E-state index contributed by atoms with van der Waals surface area (Å²) in [6.07, 6.45) is 4.27. The minimum Gasteiger partial charge on any atom is -0.480 e. The van der Waals surface area contributed by atoms with E-state index in [2.05, 4.69) is 6.92 Å². The largest absolute Gasteiger partial charge is 0.480 e. The molecule has 0 radical (unpaired) electrons. The van der Waals surface area contributed by atoms with Crippen molar-refractivity contribution in [2.24, 2.45) is 5.92 Å². The maximum Gasteiger partial charge on any atom is 0.326 e. The van der Waals surface area contributed by atoms with Crippen molar-refractivity contribution in [2.45, 2.75) is 52.0 Å². The van der Waals surface area contributed by atoms with E-state index in [4.69, 9.17) is 5.11 Å². The molecule has 1 fully saturated rings. The van der Waals surface area contributed by atoms with Crippen LogP contribution in [0.15, 0.2) is 0 Å². The van der Waals surface area contributed by atoms with Crippen LogP contribution in [-0.4, -0.2) is 34.5 Å². The molecular formula is C12H21NO3. The van der Waals surface area contributed by atoms with E-state index in [1.807, 2.05) is 6.92 Å². The van der Waals surface area contributed by atoms with Gasteiger partial charge < -0.3 is 10.0 Å². The molecule has 4 heteroatoms. The summed E-state index contributed by atoms with van der Waals surface area (Å²) in [6, 6.07) is -0.603. The van der Waals surface area contributed by atoms with E-state index in [0.717, 1.165) is 25.7 Å². The third kappa shape index (κ3) is 2.97. The van der Waals surface area contributed by atoms with Crippen LogP contribution in [0.5, 0.6) is 0 Å². The summed E-state index contributed by atoms with van der Waals surface area (Å²) in [4.78, 5) is 24.5. The lowest BCUT2D eigenvalue weighted by Crippen LogP contribution is -2.42. The molecular weight excluding hydrogens is 206 g/mol. The Morgan fingerprint density at radius 1 is 1.38 bits per heavy atom. The Morgan fingerprint density at radius 2 is 2.06 bits per heavy atom. The molecule has 0 aliphatic carbocycles. The standard InChI is InChI=1S/C12H21NO3/c1-3-4-5-6-10(14)13-8-7-9(2)11(13)12(15)16/h9,11H,3-8H2,1-2H3,(H,15,16). The van der Waals surface area contributed by atoms with E-state index in [9.17, 15) is 9.59 Å². The first-order chi connectivity index (χ1) is 7.57. The number of hydrogen-bond donors (Lipinski definition) is 1. The number of carboxylic acid groups (broad SMARTS) is 1. The van der Waals surface area contributed by atoms with E-state index in [0.29, 0.717) is 13.0 Å². The molecule has 92 valence electrons. The zero-order chi connectivity index (χ0) is 12.1.